The zero-order valence-corrected chi connectivity index (χ0v) is 10.1. The minimum Gasteiger partial charge on any atom is -0.426 e. The molecule has 3 heteroatoms. The molecule has 1 aliphatic carbocycles. The molecule has 2 nitrogen and oxygen atoms in total. The average Bonchev–Trinajstić information content (AvgIpc) is 2.73. The van der Waals surface area contributed by atoms with Crippen LogP contribution in [-0.2, 0) is 4.79 Å². The van der Waals surface area contributed by atoms with E-state index in [0.717, 1.165) is 18.4 Å². The Morgan fingerprint density at radius 2 is 2.06 bits per heavy atom. The monoisotopic (exact) mass is 238 g/mol. The number of rotatable bonds is 2. The summed E-state index contributed by atoms with van der Waals surface area (Å²) < 4.78 is 5.22. The number of benzene rings is 1. The zero-order chi connectivity index (χ0) is 11.5. The van der Waals surface area contributed by atoms with Crippen molar-refractivity contribution in [2.45, 2.75) is 38.5 Å². The van der Waals surface area contributed by atoms with Gasteiger partial charge in [0.05, 0.1) is 0 Å². The standard InChI is InChI=1S/C13H15ClO2/c1-9(15)16-13-7-6-11(14)8-12(13)10-4-2-3-5-10/h6-8,10H,2-5H2,1H3. The summed E-state index contributed by atoms with van der Waals surface area (Å²) in [6, 6.07) is 5.48. The first-order chi connectivity index (χ1) is 7.66. The molecule has 1 aromatic carbocycles. The van der Waals surface area contributed by atoms with Crippen LogP contribution in [0.15, 0.2) is 18.2 Å². The summed E-state index contributed by atoms with van der Waals surface area (Å²) in [5, 5.41) is 0.706. The fourth-order valence-corrected chi connectivity index (χ4v) is 2.50. The van der Waals surface area contributed by atoms with E-state index >= 15 is 0 Å². The van der Waals surface area contributed by atoms with Gasteiger partial charge < -0.3 is 4.74 Å². The molecule has 0 amide bonds. The van der Waals surface area contributed by atoms with Gasteiger partial charge >= 0.3 is 5.97 Å². The maximum Gasteiger partial charge on any atom is 0.308 e. The van der Waals surface area contributed by atoms with Crippen LogP contribution < -0.4 is 4.74 Å². The molecule has 16 heavy (non-hydrogen) atoms. The molecule has 0 radical (unpaired) electrons. The topological polar surface area (TPSA) is 26.3 Å². The fraction of sp³-hybridized carbons (Fsp3) is 0.462. The first-order valence-electron chi connectivity index (χ1n) is 5.64. The molecule has 0 atom stereocenters. The van der Waals surface area contributed by atoms with Gasteiger partial charge in [-0.05, 0) is 42.5 Å². The lowest BCUT2D eigenvalue weighted by molar-refractivity contribution is -0.131. The maximum absolute atomic E-state index is 11.0. The first kappa shape index (κ1) is 11.5. The summed E-state index contributed by atoms with van der Waals surface area (Å²) in [5.74, 6) is 0.887. The molecular weight excluding hydrogens is 224 g/mol. The molecule has 0 aromatic heterocycles. The SMILES string of the molecule is CC(=O)Oc1ccc(Cl)cc1C1CCCC1. The Bertz CT molecular complexity index is 395. The number of carbonyl (C=O) groups is 1. The van der Waals surface area contributed by atoms with Crippen molar-refractivity contribution < 1.29 is 9.53 Å². The number of hydrogen-bond acceptors (Lipinski definition) is 2. The van der Waals surface area contributed by atoms with E-state index in [-0.39, 0.29) is 5.97 Å². The lowest BCUT2D eigenvalue weighted by Crippen LogP contribution is -2.05. The molecule has 2 rings (SSSR count). The molecule has 0 unspecified atom stereocenters. The van der Waals surface area contributed by atoms with Gasteiger partial charge in [-0.2, -0.15) is 0 Å². The molecule has 1 aliphatic rings. The molecule has 0 N–H and O–H groups in total. The maximum atomic E-state index is 11.0. The van der Waals surface area contributed by atoms with E-state index < -0.39 is 0 Å². The second kappa shape index (κ2) is 4.88. The first-order valence-corrected chi connectivity index (χ1v) is 6.02. The number of hydrogen-bond donors (Lipinski definition) is 0. The van der Waals surface area contributed by atoms with Crippen LogP contribution in [0.5, 0.6) is 5.75 Å². The van der Waals surface area contributed by atoms with Crippen molar-refractivity contribution in [3.63, 3.8) is 0 Å². The van der Waals surface area contributed by atoms with E-state index in [1.54, 1.807) is 12.1 Å². The van der Waals surface area contributed by atoms with E-state index in [1.807, 2.05) is 6.07 Å². The summed E-state index contributed by atoms with van der Waals surface area (Å²) >= 11 is 5.99. The normalized spacial score (nSPS) is 16.4. The van der Waals surface area contributed by atoms with Crippen molar-refractivity contribution in [3.05, 3.63) is 28.8 Å². The van der Waals surface area contributed by atoms with Gasteiger partial charge in [0.25, 0.3) is 0 Å². The Morgan fingerprint density at radius 3 is 2.69 bits per heavy atom. The Kier molecular flexibility index (Phi) is 3.49. The van der Waals surface area contributed by atoms with E-state index in [1.165, 1.54) is 19.8 Å². The van der Waals surface area contributed by atoms with Gasteiger partial charge in [-0.3, -0.25) is 4.79 Å². The zero-order valence-electron chi connectivity index (χ0n) is 9.33. The van der Waals surface area contributed by atoms with Crippen LogP contribution in [-0.4, -0.2) is 5.97 Å². The summed E-state index contributed by atoms with van der Waals surface area (Å²) in [5.41, 5.74) is 1.08. The highest BCUT2D eigenvalue weighted by Crippen LogP contribution is 2.39. The van der Waals surface area contributed by atoms with E-state index in [2.05, 4.69) is 0 Å². The van der Waals surface area contributed by atoms with Crippen molar-refractivity contribution in [3.8, 4) is 5.75 Å². The minimum atomic E-state index is -0.276. The van der Waals surface area contributed by atoms with Gasteiger partial charge in [0.2, 0.25) is 0 Å². The molecule has 1 fully saturated rings. The third-order valence-electron chi connectivity index (χ3n) is 3.02. The largest absolute Gasteiger partial charge is 0.426 e. The molecule has 0 saturated heterocycles. The highest BCUT2D eigenvalue weighted by molar-refractivity contribution is 6.30. The fourth-order valence-electron chi connectivity index (χ4n) is 2.32. The van der Waals surface area contributed by atoms with Crippen molar-refractivity contribution in [1.29, 1.82) is 0 Å². The van der Waals surface area contributed by atoms with Gasteiger partial charge in [0, 0.05) is 11.9 Å². The number of esters is 1. The van der Waals surface area contributed by atoms with Crippen LogP contribution in [0.25, 0.3) is 0 Å². The highest BCUT2D eigenvalue weighted by Gasteiger charge is 2.21. The number of ether oxygens (including phenoxy) is 1. The molecule has 1 aromatic rings. The third-order valence-corrected chi connectivity index (χ3v) is 3.26. The summed E-state index contributed by atoms with van der Waals surface area (Å²) in [6.07, 6.45) is 4.82. The van der Waals surface area contributed by atoms with Crippen molar-refractivity contribution in [2.75, 3.05) is 0 Å². The molecule has 0 bridgehead atoms. The van der Waals surface area contributed by atoms with Crippen LogP contribution in [0.1, 0.15) is 44.1 Å². The van der Waals surface area contributed by atoms with Gasteiger partial charge in [-0.1, -0.05) is 24.4 Å². The van der Waals surface area contributed by atoms with Gasteiger partial charge in [-0.15, -0.1) is 0 Å². The molecule has 0 spiro atoms. The van der Waals surface area contributed by atoms with Crippen molar-refractivity contribution in [2.24, 2.45) is 0 Å². The summed E-state index contributed by atoms with van der Waals surface area (Å²) in [6.45, 7) is 1.42. The molecular formula is C13H15ClO2. The molecule has 1 saturated carbocycles. The van der Waals surface area contributed by atoms with Crippen molar-refractivity contribution >= 4 is 17.6 Å². The lowest BCUT2D eigenvalue weighted by Gasteiger charge is -2.14. The predicted octanol–water partition coefficient (Wildman–Crippen LogP) is 3.92. The Morgan fingerprint density at radius 1 is 1.38 bits per heavy atom. The van der Waals surface area contributed by atoms with E-state index in [4.69, 9.17) is 16.3 Å². The molecule has 0 heterocycles. The predicted molar refractivity (Wildman–Crippen MR) is 64.0 cm³/mol. The number of halogens is 1. The van der Waals surface area contributed by atoms with Gasteiger partial charge in [0.1, 0.15) is 5.75 Å². The van der Waals surface area contributed by atoms with Gasteiger partial charge in [-0.25, -0.2) is 0 Å². The molecule has 86 valence electrons. The number of carbonyl (C=O) groups excluding carboxylic acids is 1. The Balaban J connectivity index is 2.31. The Labute approximate surface area is 101 Å². The quantitative estimate of drug-likeness (QED) is 0.577. The van der Waals surface area contributed by atoms with E-state index in [0.29, 0.717) is 16.7 Å². The van der Waals surface area contributed by atoms with Crippen LogP contribution in [0.2, 0.25) is 5.02 Å². The summed E-state index contributed by atoms with van der Waals surface area (Å²) in [4.78, 5) is 11.0. The second-order valence-corrected chi connectivity index (χ2v) is 4.69. The lowest BCUT2D eigenvalue weighted by atomic mass is 9.97. The van der Waals surface area contributed by atoms with Crippen molar-refractivity contribution in [1.82, 2.24) is 0 Å². The summed E-state index contributed by atoms with van der Waals surface area (Å²) in [7, 11) is 0. The smallest absolute Gasteiger partial charge is 0.308 e. The van der Waals surface area contributed by atoms with Crippen LogP contribution >= 0.6 is 11.6 Å². The Hall–Kier alpha value is -1.02. The molecule has 0 aliphatic heterocycles. The van der Waals surface area contributed by atoms with E-state index in [9.17, 15) is 4.79 Å². The third kappa shape index (κ3) is 2.56. The second-order valence-electron chi connectivity index (χ2n) is 4.26. The van der Waals surface area contributed by atoms with Crippen LogP contribution in [0.3, 0.4) is 0 Å². The van der Waals surface area contributed by atoms with Crippen LogP contribution in [0.4, 0.5) is 0 Å². The highest BCUT2D eigenvalue weighted by atomic mass is 35.5. The average molecular weight is 239 g/mol. The van der Waals surface area contributed by atoms with Crippen LogP contribution in [0, 0.1) is 0 Å². The minimum absolute atomic E-state index is 0.276. The van der Waals surface area contributed by atoms with Gasteiger partial charge in [0.15, 0.2) is 0 Å².